The minimum absolute atomic E-state index is 0.152. The summed E-state index contributed by atoms with van der Waals surface area (Å²) in [6.45, 7) is 2.48. The Bertz CT molecular complexity index is 1260. The minimum atomic E-state index is -0.405. The Kier molecular flexibility index (Phi) is 4.90. The summed E-state index contributed by atoms with van der Waals surface area (Å²) in [5.74, 6) is 1.90. The number of nitrogens with two attached hydrogens (primary N) is 1. The lowest BCUT2D eigenvalue weighted by Crippen LogP contribution is -2.39. The van der Waals surface area contributed by atoms with E-state index in [-0.39, 0.29) is 11.8 Å². The fraction of sp³-hybridized carbons (Fsp3) is 0.292. The van der Waals surface area contributed by atoms with Crippen LogP contribution in [0.4, 0.5) is 4.39 Å². The van der Waals surface area contributed by atoms with Crippen LogP contribution in [-0.4, -0.2) is 29.7 Å². The van der Waals surface area contributed by atoms with E-state index in [9.17, 15) is 0 Å². The second kappa shape index (κ2) is 7.74. The van der Waals surface area contributed by atoms with E-state index in [1.165, 1.54) is 0 Å². The molecule has 0 radical (unpaired) electrons. The molecule has 0 saturated heterocycles. The average Bonchev–Trinajstić information content (AvgIpc) is 3.13. The van der Waals surface area contributed by atoms with Crippen LogP contribution in [0.1, 0.15) is 18.5 Å². The summed E-state index contributed by atoms with van der Waals surface area (Å²) in [7, 11) is 1.59. The Morgan fingerprint density at radius 1 is 1.06 bits per heavy atom. The Morgan fingerprint density at radius 2 is 1.90 bits per heavy atom. The predicted molar refractivity (Wildman–Crippen MR) is 118 cm³/mol. The molecule has 0 amide bonds. The van der Waals surface area contributed by atoms with E-state index in [0.29, 0.717) is 46.1 Å². The lowest BCUT2D eigenvalue weighted by Gasteiger charge is -2.32. The van der Waals surface area contributed by atoms with Crippen LogP contribution in [-0.2, 0) is 0 Å². The van der Waals surface area contributed by atoms with Gasteiger partial charge in [0.1, 0.15) is 5.75 Å². The molecule has 2 aromatic carbocycles. The Morgan fingerprint density at radius 3 is 2.68 bits per heavy atom. The molecule has 3 N–H and O–H groups in total. The molecule has 1 saturated carbocycles. The number of methoxy groups -OCH3 is 1. The van der Waals surface area contributed by atoms with Crippen LogP contribution in [0.25, 0.3) is 21.8 Å². The molecule has 0 atom stereocenters. The summed E-state index contributed by atoms with van der Waals surface area (Å²) in [5.41, 5.74) is 8.16. The normalized spacial score (nSPS) is 18.2. The third-order valence-corrected chi connectivity index (χ3v) is 5.79. The van der Waals surface area contributed by atoms with Crippen LogP contribution >= 0.6 is 0 Å². The summed E-state index contributed by atoms with van der Waals surface area (Å²) in [6.07, 6.45) is 3.58. The van der Waals surface area contributed by atoms with Gasteiger partial charge in [0.25, 0.3) is 0 Å². The number of nitrogens with zero attached hydrogens (tertiary/aromatic N) is 1. The molecular weight excluding hydrogens is 397 g/mol. The van der Waals surface area contributed by atoms with E-state index in [4.69, 9.17) is 19.9 Å². The number of aromatic amines is 1. The molecule has 2 heterocycles. The zero-order valence-electron chi connectivity index (χ0n) is 17.4. The first-order chi connectivity index (χ1) is 15.0. The fourth-order valence-corrected chi connectivity index (χ4v) is 4.11. The van der Waals surface area contributed by atoms with E-state index in [1.54, 1.807) is 31.5 Å². The molecule has 1 aliphatic carbocycles. The van der Waals surface area contributed by atoms with Crippen LogP contribution < -0.4 is 19.9 Å². The molecule has 7 heteroatoms. The van der Waals surface area contributed by atoms with E-state index >= 15 is 4.39 Å². The van der Waals surface area contributed by atoms with Gasteiger partial charge in [-0.3, -0.25) is 4.98 Å². The second-order valence-electron chi connectivity index (χ2n) is 8.13. The number of ether oxygens (including phenoxy) is 3. The van der Waals surface area contributed by atoms with Crippen LogP contribution in [0.3, 0.4) is 0 Å². The maximum atomic E-state index is 15.0. The van der Waals surface area contributed by atoms with Gasteiger partial charge < -0.3 is 24.9 Å². The van der Waals surface area contributed by atoms with Gasteiger partial charge in [-0.2, -0.15) is 0 Å². The number of pyridine rings is 1. The lowest BCUT2D eigenvalue weighted by atomic mass is 9.82. The maximum Gasteiger partial charge on any atom is 0.175 e. The summed E-state index contributed by atoms with van der Waals surface area (Å²) in [6, 6.07) is 10.8. The largest absolute Gasteiger partial charge is 0.493 e. The van der Waals surface area contributed by atoms with Crippen LogP contribution in [0.5, 0.6) is 23.0 Å². The zero-order valence-corrected chi connectivity index (χ0v) is 17.4. The summed E-state index contributed by atoms with van der Waals surface area (Å²) in [5, 5.41) is 1.21. The Hall–Kier alpha value is -3.32. The van der Waals surface area contributed by atoms with Crippen LogP contribution in [0.2, 0.25) is 0 Å². The second-order valence-corrected chi connectivity index (χ2v) is 8.13. The minimum Gasteiger partial charge on any atom is -0.493 e. The number of rotatable bonds is 6. The standard InChI is InChI=1S/C24H24FN3O3/c1-13-7-17-18(28-13)3-4-21(24(17)25)31-20-5-6-27-19-11-23(22(29-2)10-16(19)20)30-12-14-8-15(26)9-14/h3-7,10-11,14-15,28H,8-9,12,26H2,1-2H3. The van der Waals surface area contributed by atoms with E-state index in [2.05, 4.69) is 9.97 Å². The molecule has 0 unspecified atom stereocenters. The van der Waals surface area contributed by atoms with Gasteiger partial charge in [0, 0.05) is 40.3 Å². The Balaban J connectivity index is 1.47. The molecule has 0 aliphatic heterocycles. The van der Waals surface area contributed by atoms with Gasteiger partial charge in [-0.05, 0) is 56.0 Å². The molecular formula is C24H24FN3O3. The SMILES string of the molecule is COc1cc2c(Oc3ccc4[nH]c(C)cc4c3F)ccnc2cc1OCC1CC(N)C1. The summed E-state index contributed by atoms with van der Waals surface area (Å²) in [4.78, 5) is 7.56. The third kappa shape index (κ3) is 3.65. The van der Waals surface area contributed by atoms with Crippen molar-refractivity contribution in [1.82, 2.24) is 9.97 Å². The number of nitrogens with one attached hydrogen (secondary N) is 1. The number of hydrogen-bond donors (Lipinski definition) is 2. The predicted octanol–water partition coefficient (Wildman–Crippen LogP) is 5.08. The lowest BCUT2D eigenvalue weighted by molar-refractivity contribution is 0.156. The van der Waals surface area contributed by atoms with E-state index < -0.39 is 5.82 Å². The van der Waals surface area contributed by atoms with Gasteiger partial charge in [-0.15, -0.1) is 0 Å². The number of H-pyrrole nitrogens is 1. The molecule has 0 spiro atoms. The molecule has 5 rings (SSSR count). The summed E-state index contributed by atoms with van der Waals surface area (Å²) < 4.78 is 32.5. The number of fused-ring (bicyclic) bond motifs is 2. The van der Waals surface area contributed by atoms with Crippen molar-refractivity contribution in [3.05, 3.63) is 54.1 Å². The first kappa shape index (κ1) is 19.6. The fourth-order valence-electron chi connectivity index (χ4n) is 4.11. The molecule has 1 fully saturated rings. The van der Waals surface area contributed by atoms with Gasteiger partial charge in [0.2, 0.25) is 0 Å². The van der Waals surface area contributed by atoms with E-state index in [0.717, 1.165) is 24.1 Å². The smallest absolute Gasteiger partial charge is 0.175 e. The van der Waals surface area contributed by atoms with Gasteiger partial charge in [-0.25, -0.2) is 4.39 Å². The van der Waals surface area contributed by atoms with Crippen LogP contribution in [0.15, 0.2) is 42.6 Å². The zero-order chi connectivity index (χ0) is 21.5. The maximum absolute atomic E-state index is 15.0. The summed E-state index contributed by atoms with van der Waals surface area (Å²) >= 11 is 0. The topological polar surface area (TPSA) is 82.4 Å². The van der Waals surface area contributed by atoms with Crippen molar-refractivity contribution in [3.63, 3.8) is 0 Å². The molecule has 160 valence electrons. The molecule has 31 heavy (non-hydrogen) atoms. The molecule has 6 nitrogen and oxygen atoms in total. The number of aryl methyl sites for hydroxylation is 1. The highest BCUT2D eigenvalue weighted by Gasteiger charge is 2.26. The number of halogens is 1. The van der Waals surface area contributed by atoms with Crippen molar-refractivity contribution in [2.75, 3.05) is 13.7 Å². The molecule has 4 aromatic rings. The Labute approximate surface area is 179 Å². The number of benzene rings is 2. The third-order valence-electron chi connectivity index (χ3n) is 5.79. The highest BCUT2D eigenvalue weighted by atomic mass is 19.1. The van der Waals surface area contributed by atoms with Crippen molar-refractivity contribution < 1.29 is 18.6 Å². The van der Waals surface area contributed by atoms with Gasteiger partial charge in [-0.1, -0.05) is 0 Å². The quantitative estimate of drug-likeness (QED) is 0.454. The molecule has 1 aliphatic rings. The van der Waals surface area contributed by atoms with E-state index in [1.807, 2.05) is 25.1 Å². The van der Waals surface area contributed by atoms with Gasteiger partial charge in [0.15, 0.2) is 23.1 Å². The first-order valence-corrected chi connectivity index (χ1v) is 10.3. The van der Waals surface area contributed by atoms with Crippen molar-refractivity contribution in [2.45, 2.75) is 25.8 Å². The van der Waals surface area contributed by atoms with Gasteiger partial charge >= 0.3 is 0 Å². The molecule has 2 aromatic heterocycles. The highest BCUT2D eigenvalue weighted by Crippen LogP contribution is 2.39. The van der Waals surface area contributed by atoms with Crippen molar-refractivity contribution >= 4 is 21.8 Å². The molecule has 0 bridgehead atoms. The van der Waals surface area contributed by atoms with Crippen molar-refractivity contribution in [2.24, 2.45) is 11.7 Å². The van der Waals surface area contributed by atoms with Crippen molar-refractivity contribution in [1.29, 1.82) is 0 Å². The number of hydrogen-bond acceptors (Lipinski definition) is 5. The first-order valence-electron chi connectivity index (χ1n) is 10.3. The van der Waals surface area contributed by atoms with Crippen LogP contribution in [0, 0.1) is 18.7 Å². The van der Waals surface area contributed by atoms with Gasteiger partial charge in [0.05, 0.1) is 19.2 Å². The van der Waals surface area contributed by atoms with Crippen molar-refractivity contribution in [3.8, 4) is 23.0 Å². The highest BCUT2D eigenvalue weighted by molar-refractivity contribution is 5.89. The average molecular weight is 421 g/mol. The monoisotopic (exact) mass is 421 g/mol. The number of aromatic nitrogens is 2.